The third-order valence-corrected chi connectivity index (χ3v) is 3.48. The number of amides is 1. The van der Waals surface area contributed by atoms with Gasteiger partial charge in [0.25, 0.3) is 0 Å². The predicted octanol–water partition coefficient (Wildman–Crippen LogP) is 2.07. The molecule has 0 aromatic rings. The summed E-state index contributed by atoms with van der Waals surface area (Å²) in [5.74, 6) is -0.364. The molecule has 0 bridgehead atoms. The number of hydrogen-bond donors (Lipinski definition) is 1. The van der Waals surface area contributed by atoms with Crippen LogP contribution in [0.1, 0.15) is 38.5 Å². The van der Waals surface area contributed by atoms with Crippen molar-refractivity contribution in [3.05, 3.63) is 0 Å². The molecule has 2 aliphatic rings. The van der Waals surface area contributed by atoms with Gasteiger partial charge in [-0.2, -0.15) is 13.2 Å². The minimum atomic E-state index is -4.30. The lowest BCUT2D eigenvalue weighted by Gasteiger charge is -2.28. The molecule has 0 aromatic heterocycles. The van der Waals surface area contributed by atoms with Gasteiger partial charge in [0.2, 0.25) is 5.91 Å². The normalized spacial score (nSPS) is 25.6. The Morgan fingerprint density at radius 1 is 1.17 bits per heavy atom. The maximum Gasteiger partial charge on any atom is 0.406 e. The fraction of sp³-hybridized carbons (Fsp3) is 0.917. The molecule has 1 heterocycles. The van der Waals surface area contributed by atoms with E-state index in [0.29, 0.717) is 19.3 Å². The molecule has 1 saturated carbocycles. The van der Waals surface area contributed by atoms with Crippen LogP contribution in [0.2, 0.25) is 0 Å². The van der Waals surface area contributed by atoms with Gasteiger partial charge in [0, 0.05) is 6.04 Å². The number of alkyl halides is 3. The summed E-state index contributed by atoms with van der Waals surface area (Å²) in [6.07, 6.45) is 0.700. The standard InChI is InChI=1S/C12H19F3N2O/c13-12(14,15)8-17(9-5-6-9)11(18)10-4-2-1-3-7-16-10/h9-10,16H,1-8H2. The maximum atomic E-state index is 12.5. The number of rotatable bonds is 3. The number of hydrogen-bond acceptors (Lipinski definition) is 2. The van der Waals surface area contributed by atoms with Gasteiger partial charge in [-0.05, 0) is 32.2 Å². The van der Waals surface area contributed by atoms with Crippen molar-refractivity contribution in [1.29, 1.82) is 0 Å². The second-order valence-corrected chi connectivity index (χ2v) is 5.17. The van der Waals surface area contributed by atoms with Gasteiger partial charge < -0.3 is 10.2 Å². The highest BCUT2D eigenvalue weighted by atomic mass is 19.4. The molecule has 1 aliphatic carbocycles. The molecule has 3 nitrogen and oxygen atoms in total. The van der Waals surface area contributed by atoms with Crippen molar-refractivity contribution >= 4 is 5.91 Å². The van der Waals surface area contributed by atoms with Crippen molar-refractivity contribution in [3.63, 3.8) is 0 Å². The van der Waals surface area contributed by atoms with Crippen LogP contribution in [0.25, 0.3) is 0 Å². The van der Waals surface area contributed by atoms with Crippen LogP contribution in [0.4, 0.5) is 13.2 Å². The summed E-state index contributed by atoms with van der Waals surface area (Å²) in [6.45, 7) is -0.379. The minimum Gasteiger partial charge on any atom is -0.329 e. The van der Waals surface area contributed by atoms with Crippen LogP contribution in [-0.4, -0.2) is 42.2 Å². The number of nitrogens with zero attached hydrogens (tertiary/aromatic N) is 1. The van der Waals surface area contributed by atoms with Crippen LogP contribution >= 0.6 is 0 Å². The Labute approximate surface area is 105 Å². The minimum absolute atomic E-state index is 0.191. The summed E-state index contributed by atoms with van der Waals surface area (Å²) in [4.78, 5) is 13.2. The molecule has 1 amide bonds. The van der Waals surface area contributed by atoms with E-state index in [1.54, 1.807) is 0 Å². The van der Waals surface area contributed by atoms with Gasteiger partial charge in [-0.15, -0.1) is 0 Å². The van der Waals surface area contributed by atoms with E-state index in [4.69, 9.17) is 0 Å². The third kappa shape index (κ3) is 3.86. The zero-order chi connectivity index (χ0) is 13.2. The van der Waals surface area contributed by atoms with Crippen molar-refractivity contribution in [2.24, 2.45) is 0 Å². The van der Waals surface area contributed by atoms with Gasteiger partial charge in [-0.3, -0.25) is 4.79 Å². The Bertz CT molecular complexity index is 294. The van der Waals surface area contributed by atoms with Gasteiger partial charge in [0.05, 0.1) is 6.04 Å². The van der Waals surface area contributed by atoms with E-state index in [0.717, 1.165) is 30.7 Å². The van der Waals surface area contributed by atoms with Crippen LogP contribution in [0.15, 0.2) is 0 Å². The van der Waals surface area contributed by atoms with E-state index in [-0.39, 0.29) is 11.9 Å². The lowest BCUT2D eigenvalue weighted by Crippen LogP contribution is -2.50. The summed E-state index contributed by atoms with van der Waals surface area (Å²) >= 11 is 0. The van der Waals surface area contributed by atoms with Crippen molar-refractivity contribution in [2.75, 3.05) is 13.1 Å². The van der Waals surface area contributed by atoms with E-state index in [1.165, 1.54) is 0 Å². The molecule has 0 spiro atoms. The Kier molecular flexibility index (Phi) is 4.14. The zero-order valence-electron chi connectivity index (χ0n) is 10.3. The summed E-state index contributed by atoms with van der Waals surface area (Å²) in [6, 6.07) is -0.611. The molecule has 1 saturated heterocycles. The van der Waals surface area contributed by atoms with E-state index in [2.05, 4.69) is 5.32 Å². The lowest BCUT2D eigenvalue weighted by molar-refractivity contribution is -0.163. The van der Waals surface area contributed by atoms with Crippen LogP contribution in [0, 0.1) is 0 Å². The molecule has 104 valence electrons. The van der Waals surface area contributed by atoms with Crippen molar-refractivity contribution in [2.45, 2.75) is 56.8 Å². The number of carbonyl (C=O) groups excluding carboxylic acids is 1. The highest BCUT2D eigenvalue weighted by Gasteiger charge is 2.42. The Morgan fingerprint density at radius 3 is 2.50 bits per heavy atom. The van der Waals surface area contributed by atoms with Crippen molar-refractivity contribution in [3.8, 4) is 0 Å². The molecule has 2 fully saturated rings. The number of nitrogens with one attached hydrogen (secondary N) is 1. The monoisotopic (exact) mass is 264 g/mol. The van der Waals surface area contributed by atoms with Gasteiger partial charge >= 0.3 is 6.18 Å². The zero-order valence-corrected chi connectivity index (χ0v) is 10.3. The van der Waals surface area contributed by atoms with E-state index < -0.39 is 18.8 Å². The van der Waals surface area contributed by atoms with E-state index >= 15 is 0 Å². The largest absolute Gasteiger partial charge is 0.406 e. The second kappa shape index (κ2) is 5.47. The van der Waals surface area contributed by atoms with Crippen molar-refractivity contribution in [1.82, 2.24) is 10.2 Å². The smallest absolute Gasteiger partial charge is 0.329 e. The Balaban J connectivity index is 1.98. The molecule has 1 N–H and O–H groups in total. The molecule has 2 rings (SSSR count). The first-order valence-corrected chi connectivity index (χ1v) is 6.58. The third-order valence-electron chi connectivity index (χ3n) is 3.48. The van der Waals surface area contributed by atoms with Gasteiger partial charge in [-0.1, -0.05) is 12.8 Å². The quantitative estimate of drug-likeness (QED) is 0.846. The predicted molar refractivity (Wildman–Crippen MR) is 61.0 cm³/mol. The summed E-state index contributed by atoms with van der Waals surface area (Å²) in [5, 5.41) is 3.07. The number of carbonyl (C=O) groups is 1. The van der Waals surface area contributed by atoms with Crippen LogP contribution < -0.4 is 5.32 Å². The topological polar surface area (TPSA) is 32.3 Å². The Morgan fingerprint density at radius 2 is 1.89 bits per heavy atom. The van der Waals surface area contributed by atoms with Crippen LogP contribution in [0.5, 0.6) is 0 Å². The fourth-order valence-corrected chi connectivity index (χ4v) is 2.41. The van der Waals surface area contributed by atoms with Gasteiger partial charge in [0.15, 0.2) is 0 Å². The second-order valence-electron chi connectivity index (χ2n) is 5.17. The first kappa shape index (κ1) is 13.6. The van der Waals surface area contributed by atoms with Crippen LogP contribution in [0.3, 0.4) is 0 Å². The Hall–Kier alpha value is -0.780. The SMILES string of the molecule is O=C(C1CCCCCN1)N(CC(F)(F)F)C1CC1. The number of halogens is 3. The molecule has 0 radical (unpaired) electrons. The molecule has 1 atom stereocenters. The molecule has 1 aliphatic heterocycles. The first-order valence-electron chi connectivity index (χ1n) is 6.58. The molecule has 1 unspecified atom stereocenters. The van der Waals surface area contributed by atoms with Gasteiger partial charge in [-0.25, -0.2) is 0 Å². The molecule has 0 aromatic carbocycles. The van der Waals surface area contributed by atoms with E-state index in [1.807, 2.05) is 0 Å². The fourth-order valence-electron chi connectivity index (χ4n) is 2.41. The average molecular weight is 264 g/mol. The van der Waals surface area contributed by atoms with E-state index in [9.17, 15) is 18.0 Å². The molecular weight excluding hydrogens is 245 g/mol. The highest BCUT2D eigenvalue weighted by Crippen LogP contribution is 2.31. The summed E-state index contributed by atoms with van der Waals surface area (Å²) in [5.41, 5.74) is 0. The molecular formula is C12H19F3N2O. The maximum absolute atomic E-state index is 12.5. The molecule has 18 heavy (non-hydrogen) atoms. The van der Waals surface area contributed by atoms with Crippen molar-refractivity contribution < 1.29 is 18.0 Å². The van der Waals surface area contributed by atoms with Gasteiger partial charge in [0.1, 0.15) is 6.54 Å². The van der Waals surface area contributed by atoms with Crippen LogP contribution in [-0.2, 0) is 4.79 Å². The summed E-state index contributed by atoms with van der Waals surface area (Å²) < 4.78 is 37.5. The first-order chi connectivity index (χ1) is 8.47. The lowest BCUT2D eigenvalue weighted by atomic mass is 10.1. The average Bonchev–Trinajstić information content (AvgIpc) is 3.10. The molecule has 6 heteroatoms. The highest BCUT2D eigenvalue weighted by molar-refractivity contribution is 5.82. The summed E-state index contributed by atoms with van der Waals surface area (Å²) in [7, 11) is 0.